The van der Waals surface area contributed by atoms with Crippen molar-refractivity contribution >= 4 is 17.7 Å². The highest BCUT2D eigenvalue weighted by atomic mass is 16.2. The molecule has 3 amide bonds. The van der Waals surface area contributed by atoms with Gasteiger partial charge in [0.1, 0.15) is 0 Å². The van der Waals surface area contributed by atoms with Crippen LogP contribution in [-0.4, -0.2) is 17.7 Å². The lowest BCUT2D eigenvalue weighted by Gasteiger charge is -1.99. The van der Waals surface area contributed by atoms with E-state index in [1.165, 1.54) is 0 Å². The molecule has 1 rings (SSSR count). The van der Waals surface area contributed by atoms with Gasteiger partial charge in [-0.3, -0.25) is 30.7 Å². The Kier molecular flexibility index (Phi) is 1.73. The molecule has 7 heteroatoms. The third kappa shape index (κ3) is 1.13. The first-order chi connectivity index (χ1) is 5.16. The summed E-state index contributed by atoms with van der Waals surface area (Å²) in [5, 5.41) is 0. The first kappa shape index (κ1) is 7.48. The zero-order chi connectivity index (χ0) is 8.43. The third-order valence-corrected chi connectivity index (χ3v) is 1.24. The predicted molar refractivity (Wildman–Crippen MR) is 32.1 cm³/mol. The van der Waals surface area contributed by atoms with E-state index in [1.807, 2.05) is 10.9 Å². The van der Waals surface area contributed by atoms with E-state index in [1.54, 1.807) is 5.43 Å². The van der Waals surface area contributed by atoms with E-state index in [4.69, 9.17) is 5.84 Å². The van der Waals surface area contributed by atoms with E-state index in [-0.39, 0.29) is 0 Å². The van der Waals surface area contributed by atoms with Gasteiger partial charge in [0.05, 0.1) is 0 Å². The summed E-state index contributed by atoms with van der Waals surface area (Å²) < 4.78 is 0. The maximum atomic E-state index is 10.7. The van der Waals surface area contributed by atoms with E-state index < -0.39 is 23.6 Å². The molecule has 1 heterocycles. The smallest absolute Gasteiger partial charge is 0.260 e. The second kappa shape index (κ2) is 2.54. The Balaban J connectivity index is 2.76. The summed E-state index contributed by atoms with van der Waals surface area (Å²) in [7, 11) is 0. The van der Waals surface area contributed by atoms with Crippen molar-refractivity contribution in [1.29, 1.82) is 0 Å². The molecule has 1 fully saturated rings. The molecule has 0 atom stereocenters. The first-order valence-corrected chi connectivity index (χ1v) is 2.77. The van der Waals surface area contributed by atoms with Crippen LogP contribution in [0.3, 0.4) is 0 Å². The Morgan fingerprint density at radius 1 is 1.36 bits per heavy atom. The van der Waals surface area contributed by atoms with Crippen LogP contribution in [0.15, 0.2) is 0 Å². The molecular formula is C4H6N4O3. The highest BCUT2D eigenvalue weighted by molar-refractivity contribution is 6.20. The molecule has 0 spiro atoms. The number of amides is 3. The minimum atomic E-state index is -1.36. The highest BCUT2D eigenvalue weighted by Crippen LogP contribution is 2.00. The van der Waals surface area contributed by atoms with E-state index in [0.717, 1.165) is 0 Å². The monoisotopic (exact) mass is 158 g/mol. The molecule has 0 radical (unpaired) electrons. The van der Waals surface area contributed by atoms with Crippen LogP contribution >= 0.6 is 0 Å². The Morgan fingerprint density at radius 3 is 2.18 bits per heavy atom. The molecule has 0 aromatic carbocycles. The fraction of sp³-hybridized carbons (Fsp3) is 0.250. The second-order valence-corrected chi connectivity index (χ2v) is 1.92. The minimum Gasteiger partial charge on any atom is -0.293 e. The van der Waals surface area contributed by atoms with Gasteiger partial charge >= 0.3 is 0 Å². The van der Waals surface area contributed by atoms with Crippen LogP contribution in [0.25, 0.3) is 0 Å². The topological polar surface area (TPSA) is 113 Å². The van der Waals surface area contributed by atoms with Gasteiger partial charge in [-0.2, -0.15) is 0 Å². The van der Waals surface area contributed by atoms with Gasteiger partial charge < -0.3 is 0 Å². The lowest BCUT2D eigenvalue weighted by Crippen LogP contribution is -2.41. The van der Waals surface area contributed by atoms with Gasteiger partial charge in [0, 0.05) is 0 Å². The number of nitrogens with two attached hydrogens (primary N) is 1. The van der Waals surface area contributed by atoms with Crippen LogP contribution in [0.1, 0.15) is 0 Å². The Morgan fingerprint density at radius 2 is 1.82 bits per heavy atom. The number of hydrazine groups is 2. The first-order valence-electron chi connectivity index (χ1n) is 2.77. The van der Waals surface area contributed by atoms with Gasteiger partial charge in [0.25, 0.3) is 17.7 Å². The maximum Gasteiger partial charge on any atom is 0.260 e. The zero-order valence-corrected chi connectivity index (χ0v) is 5.38. The summed E-state index contributed by atoms with van der Waals surface area (Å²) in [5.41, 5.74) is 5.67. The Bertz CT molecular complexity index is 209. The van der Waals surface area contributed by atoms with Crippen LogP contribution in [0.4, 0.5) is 0 Å². The summed E-state index contributed by atoms with van der Waals surface area (Å²) >= 11 is 0. The molecule has 11 heavy (non-hydrogen) atoms. The molecule has 1 aliphatic rings. The SMILES string of the molecule is NNC(=O)C1C(=O)NNC1=O. The van der Waals surface area contributed by atoms with Crippen molar-refractivity contribution in [1.82, 2.24) is 16.3 Å². The predicted octanol–water partition coefficient (Wildman–Crippen LogP) is -3.25. The molecule has 0 saturated carbocycles. The quantitative estimate of drug-likeness (QED) is 0.139. The van der Waals surface area contributed by atoms with E-state index in [2.05, 4.69) is 0 Å². The zero-order valence-electron chi connectivity index (χ0n) is 5.38. The molecule has 0 unspecified atom stereocenters. The van der Waals surface area contributed by atoms with Crippen LogP contribution < -0.4 is 22.1 Å². The van der Waals surface area contributed by atoms with E-state index in [0.29, 0.717) is 0 Å². The van der Waals surface area contributed by atoms with Gasteiger partial charge in [-0.1, -0.05) is 0 Å². The summed E-state index contributed by atoms with van der Waals surface area (Å²) in [4.78, 5) is 32.0. The minimum absolute atomic E-state index is 0.696. The van der Waals surface area contributed by atoms with Gasteiger partial charge in [0.2, 0.25) is 0 Å². The lowest BCUT2D eigenvalue weighted by atomic mass is 10.1. The fourth-order valence-electron chi connectivity index (χ4n) is 0.708. The van der Waals surface area contributed by atoms with Gasteiger partial charge in [0.15, 0.2) is 5.92 Å². The van der Waals surface area contributed by atoms with Crippen molar-refractivity contribution in [3.63, 3.8) is 0 Å². The maximum absolute atomic E-state index is 10.7. The number of hydrogen-bond acceptors (Lipinski definition) is 4. The van der Waals surface area contributed by atoms with Crippen LogP contribution in [-0.2, 0) is 14.4 Å². The van der Waals surface area contributed by atoms with Crippen molar-refractivity contribution in [3.8, 4) is 0 Å². The van der Waals surface area contributed by atoms with Crippen molar-refractivity contribution in [2.75, 3.05) is 0 Å². The number of rotatable bonds is 1. The normalized spacial score (nSPS) is 17.5. The molecule has 1 aliphatic heterocycles. The van der Waals surface area contributed by atoms with Crippen LogP contribution in [0, 0.1) is 5.92 Å². The molecule has 7 nitrogen and oxygen atoms in total. The number of hydrogen-bond donors (Lipinski definition) is 4. The van der Waals surface area contributed by atoms with Crippen molar-refractivity contribution in [2.24, 2.45) is 11.8 Å². The standard InChI is InChI=1S/C4H6N4O3/c5-6-2(9)1-3(10)7-8-4(1)11/h1H,5H2,(H,6,9)(H,7,10)(H,8,11). The lowest BCUT2D eigenvalue weighted by molar-refractivity contribution is -0.137. The molecular weight excluding hydrogens is 152 g/mol. The Labute approximate surface area is 61.2 Å². The fourth-order valence-corrected chi connectivity index (χ4v) is 0.708. The van der Waals surface area contributed by atoms with Crippen LogP contribution in [0.5, 0.6) is 0 Å². The summed E-state index contributed by atoms with van der Waals surface area (Å²) in [6.45, 7) is 0. The van der Waals surface area contributed by atoms with Crippen molar-refractivity contribution in [2.45, 2.75) is 0 Å². The second-order valence-electron chi connectivity index (χ2n) is 1.92. The summed E-state index contributed by atoms with van der Waals surface area (Å²) in [5.74, 6) is 1.14. The van der Waals surface area contributed by atoms with Gasteiger partial charge in [-0.25, -0.2) is 5.84 Å². The van der Waals surface area contributed by atoms with E-state index in [9.17, 15) is 14.4 Å². The number of carbonyl (C=O) groups excluding carboxylic acids is 3. The molecule has 60 valence electrons. The van der Waals surface area contributed by atoms with Gasteiger partial charge in [-0.05, 0) is 0 Å². The summed E-state index contributed by atoms with van der Waals surface area (Å²) in [6.07, 6.45) is 0. The molecule has 5 N–H and O–H groups in total. The van der Waals surface area contributed by atoms with Crippen molar-refractivity contribution in [3.05, 3.63) is 0 Å². The van der Waals surface area contributed by atoms with Gasteiger partial charge in [-0.15, -0.1) is 0 Å². The molecule has 1 saturated heterocycles. The molecule has 0 aromatic rings. The number of carbonyl (C=O) groups is 3. The van der Waals surface area contributed by atoms with E-state index >= 15 is 0 Å². The molecule has 0 bridgehead atoms. The summed E-state index contributed by atoms with van der Waals surface area (Å²) in [6, 6.07) is 0. The van der Waals surface area contributed by atoms with Crippen LogP contribution in [0.2, 0.25) is 0 Å². The molecule has 0 aliphatic carbocycles. The van der Waals surface area contributed by atoms with Crippen molar-refractivity contribution < 1.29 is 14.4 Å². The average Bonchev–Trinajstić information content (AvgIpc) is 2.30. The Hall–Kier alpha value is -1.63. The number of nitrogens with one attached hydrogen (secondary N) is 3. The average molecular weight is 158 g/mol. The molecule has 0 aromatic heterocycles. The third-order valence-electron chi connectivity index (χ3n) is 1.24. The largest absolute Gasteiger partial charge is 0.293 e. The highest BCUT2D eigenvalue weighted by Gasteiger charge is 2.38.